The molecule has 104 valence electrons. The Kier molecular flexibility index (Phi) is 3.07. The van der Waals surface area contributed by atoms with Crippen molar-refractivity contribution < 1.29 is 0 Å². The highest BCUT2D eigenvalue weighted by atomic mass is 14.9. The Balaban J connectivity index is 1.46. The molecule has 1 N–H and O–H groups in total. The molecule has 1 saturated carbocycles. The molecule has 0 aliphatic heterocycles. The van der Waals surface area contributed by atoms with Gasteiger partial charge in [0.25, 0.3) is 0 Å². The van der Waals surface area contributed by atoms with Crippen molar-refractivity contribution in [2.75, 3.05) is 5.32 Å². The molecule has 0 saturated heterocycles. The minimum atomic E-state index is 0.833. The summed E-state index contributed by atoms with van der Waals surface area (Å²) in [6.45, 7) is 0.858. The standard InChI is InChI=1S/C19H18N2/c1-2-17-12-18(9-10-19(17)20-11-1)21-13-14-3-5-15(6-4-14)16-7-8-16/h1-6,9-12,16,21H,7-8,13H2. The molecular formula is C19H18N2. The Labute approximate surface area is 124 Å². The molecule has 2 aromatic carbocycles. The predicted octanol–water partition coefficient (Wildman–Crippen LogP) is 4.72. The number of fused-ring (bicyclic) bond motifs is 1. The Bertz CT molecular complexity index is 758. The van der Waals surface area contributed by atoms with E-state index >= 15 is 0 Å². The summed E-state index contributed by atoms with van der Waals surface area (Å²) < 4.78 is 0. The Hall–Kier alpha value is -2.35. The minimum Gasteiger partial charge on any atom is -0.381 e. The molecule has 0 spiro atoms. The Morgan fingerprint density at radius 1 is 1.00 bits per heavy atom. The summed E-state index contributed by atoms with van der Waals surface area (Å²) in [4.78, 5) is 4.34. The van der Waals surface area contributed by atoms with E-state index in [0.29, 0.717) is 0 Å². The number of hydrogen-bond acceptors (Lipinski definition) is 2. The van der Waals surface area contributed by atoms with Gasteiger partial charge in [-0.1, -0.05) is 30.3 Å². The molecule has 1 aliphatic rings. The van der Waals surface area contributed by atoms with E-state index < -0.39 is 0 Å². The van der Waals surface area contributed by atoms with Gasteiger partial charge in [0.15, 0.2) is 0 Å². The highest BCUT2D eigenvalue weighted by Crippen LogP contribution is 2.39. The first-order valence-corrected chi connectivity index (χ1v) is 7.56. The van der Waals surface area contributed by atoms with Gasteiger partial charge in [-0.15, -0.1) is 0 Å². The first-order chi connectivity index (χ1) is 10.4. The van der Waals surface area contributed by atoms with E-state index in [1.807, 2.05) is 12.3 Å². The lowest BCUT2D eigenvalue weighted by Crippen LogP contribution is -1.99. The number of rotatable bonds is 4. The second-order valence-electron chi connectivity index (χ2n) is 5.78. The molecular weight excluding hydrogens is 256 g/mol. The number of anilines is 1. The summed E-state index contributed by atoms with van der Waals surface area (Å²) in [7, 11) is 0. The van der Waals surface area contributed by atoms with E-state index in [0.717, 1.165) is 23.7 Å². The van der Waals surface area contributed by atoms with E-state index in [-0.39, 0.29) is 0 Å². The third kappa shape index (κ3) is 2.75. The zero-order chi connectivity index (χ0) is 14.1. The van der Waals surface area contributed by atoms with Gasteiger partial charge in [0.05, 0.1) is 5.52 Å². The topological polar surface area (TPSA) is 24.9 Å². The van der Waals surface area contributed by atoms with Gasteiger partial charge in [-0.2, -0.15) is 0 Å². The highest BCUT2D eigenvalue weighted by Gasteiger charge is 2.22. The van der Waals surface area contributed by atoms with E-state index in [9.17, 15) is 0 Å². The van der Waals surface area contributed by atoms with Crippen LogP contribution in [-0.2, 0) is 6.54 Å². The fourth-order valence-electron chi connectivity index (χ4n) is 2.71. The van der Waals surface area contributed by atoms with Crippen LogP contribution in [0.25, 0.3) is 10.9 Å². The lowest BCUT2D eigenvalue weighted by atomic mass is 10.1. The van der Waals surface area contributed by atoms with Crippen molar-refractivity contribution in [3.8, 4) is 0 Å². The lowest BCUT2D eigenvalue weighted by molar-refractivity contribution is 1.10. The van der Waals surface area contributed by atoms with Crippen molar-refractivity contribution in [1.82, 2.24) is 4.98 Å². The summed E-state index contributed by atoms with van der Waals surface area (Å²) in [6.07, 6.45) is 4.56. The van der Waals surface area contributed by atoms with Crippen LogP contribution in [0.3, 0.4) is 0 Å². The molecule has 1 aliphatic carbocycles. The molecule has 1 heterocycles. The maximum atomic E-state index is 4.34. The van der Waals surface area contributed by atoms with Crippen LogP contribution in [-0.4, -0.2) is 4.98 Å². The maximum absolute atomic E-state index is 4.34. The van der Waals surface area contributed by atoms with Crippen molar-refractivity contribution in [2.24, 2.45) is 0 Å². The van der Waals surface area contributed by atoms with Crippen LogP contribution in [0.4, 0.5) is 5.69 Å². The SMILES string of the molecule is c1cnc2ccc(NCc3ccc(C4CC4)cc3)cc2c1. The van der Waals surface area contributed by atoms with Crippen molar-refractivity contribution in [1.29, 1.82) is 0 Å². The van der Waals surface area contributed by atoms with Gasteiger partial charge in [-0.25, -0.2) is 0 Å². The fourth-order valence-corrected chi connectivity index (χ4v) is 2.71. The van der Waals surface area contributed by atoms with Crippen LogP contribution in [0.15, 0.2) is 60.8 Å². The Morgan fingerprint density at radius 2 is 1.86 bits per heavy atom. The molecule has 2 nitrogen and oxygen atoms in total. The van der Waals surface area contributed by atoms with Crippen LogP contribution in [0.2, 0.25) is 0 Å². The van der Waals surface area contributed by atoms with E-state index in [1.54, 1.807) is 0 Å². The van der Waals surface area contributed by atoms with Crippen molar-refractivity contribution >= 4 is 16.6 Å². The van der Waals surface area contributed by atoms with Crippen molar-refractivity contribution in [2.45, 2.75) is 25.3 Å². The number of nitrogens with zero attached hydrogens (tertiary/aromatic N) is 1. The Morgan fingerprint density at radius 3 is 2.67 bits per heavy atom. The predicted molar refractivity (Wildman–Crippen MR) is 87.5 cm³/mol. The van der Waals surface area contributed by atoms with E-state index in [4.69, 9.17) is 0 Å². The van der Waals surface area contributed by atoms with Crippen LogP contribution in [0, 0.1) is 0 Å². The first kappa shape index (κ1) is 12.4. The average Bonchev–Trinajstić information content (AvgIpc) is 3.38. The molecule has 1 fully saturated rings. The average molecular weight is 274 g/mol. The number of nitrogens with one attached hydrogen (secondary N) is 1. The third-order valence-electron chi connectivity index (χ3n) is 4.13. The zero-order valence-electron chi connectivity index (χ0n) is 11.9. The van der Waals surface area contributed by atoms with Crippen molar-refractivity contribution in [3.63, 3.8) is 0 Å². The molecule has 0 atom stereocenters. The minimum absolute atomic E-state index is 0.833. The summed E-state index contributed by atoms with van der Waals surface area (Å²) in [5.41, 5.74) is 5.00. The second-order valence-corrected chi connectivity index (χ2v) is 5.78. The van der Waals surface area contributed by atoms with Crippen LogP contribution >= 0.6 is 0 Å². The van der Waals surface area contributed by atoms with Gasteiger partial charge < -0.3 is 5.32 Å². The molecule has 0 radical (unpaired) electrons. The van der Waals surface area contributed by atoms with Gasteiger partial charge >= 0.3 is 0 Å². The monoisotopic (exact) mass is 274 g/mol. The molecule has 2 heteroatoms. The summed E-state index contributed by atoms with van der Waals surface area (Å²) in [6, 6.07) is 19.4. The molecule has 21 heavy (non-hydrogen) atoms. The van der Waals surface area contributed by atoms with E-state index in [1.165, 1.54) is 29.4 Å². The smallest absolute Gasteiger partial charge is 0.0703 e. The number of hydrogen-bond donors (Lipinski definition) is 1. The number of pyridine rings is 1. The fraction of sp³-hybridized carbons (Fsp3) is 0.211. The first-order valence-electron chi connectivity index (χ1n) is 7.56. The number of aromatic nitrogens is 1. The molecule has 0 unspecified atom stereocenters. The van der Waals surface area contributed by atoms with Crippen molar-refractivity contribution in [3.05, 3.63) is 71.9 Å². The van der Waals surface area contributed by atoms with Gasteiger partial charge in [-0.05, 0) is 54.2 Å². The van der Waals surface area contributed by atoms with Gasteiger partial charge in [0.2, 0.25) is 0 Å². The summed E-state index contributed by atoms with van der Waals surface area (Å²) >= 11 is 0. The normalized spacial score (nSPS) is 14.3. The number of benzene rings is 2. The van der Waals surface area contributed by atoms with Crippen LogP contribution in [0.5, 0.6) is 0 Å². The largest absolute Gasteiger partial charge is 0.381 e. The maximum Gasteiger partial charge on any atom is 0.0703 e. The summed E-state index contributed by atoms with van der Waals surface area (Å²) in [5.74, 6) is 0.833. The highest BCUT2D eigenvalue weighted by molar-refractivity contribution is 5.82. The molecule has 1 aromatic heterocycles. The quantitative estimate of drug-likeness (QED) is 0.744. The van der Waals surface area contributed by atoms with Gasteiger partial charge in [-0.3, -0.25) is 4.98 Å². The molecule has 0 bridgehead atoms. The molecule has 4 rings (SSSR count). The van der Waals surface area contributed by atoms with Crippen LogP contribution in [0.1, 0.15) is 29.9 Å². The summed E-state index contributed by atoms with van der Waals surface area (Å²) in [5, 5.41) is 4.66. The van der Waals surface area contributed by atoms with Crippen LogP contribution < -0.4 is 5.32 Å². The third-order valence-corrected chi connectivity index (χ3v) is 4.13. The van der Waals surface area contributed by atoms with E-state index in [2.05, 4.69) is 58.8 Å². The van der Waals surface area contributed by atoms with Gasteiger partial charge in [0.1, 0.15) is 0 Å². The zero-order valence-corrected chi connectivity index (χ0v) is 11.9. The molecule has 3 aromatic rings. The molecule has 0 amide bonds. The second kappa shape index (κ2) is 5.21. The lowest BCUT2D eigenvalue weighted by Gasteiger charge is -2.08. The van der Waals surface area contributed by atoms with Gasteiger partial charge in [0, 0.05) is 23.8 Å².